The molecule has 0 saturated carbocycles. The molecule has 4 heteroatoms. The number of aryl methyl sites for hydroxylation is 1. The third kappa shape index (κ3) is 3.76. The highest BCUT2D eigenvalue weighted by Crippen LogP contribution is 2.29. The molecule has 1 aromatic carbocycles. The van der Waals surface area contributed by atoms with Gasteiger partial charge in [-0.05, 0) is 48.9 Å². The molecule has 1 N–H and O–H groups in total. The number of carbonyl (C=O) groups excluding carboxylic acids is 1. The third-order valence-corrected chi connectivity index (χ3v) is 3.96. The van der Waals surface area contributed by atoms with E-state index < -0.39 is 0 Å². The molecule has 1 atom stereocenters. The second kappa shape index (κ2) is 6.94. The van der Waals surface area contributed by atoms with Gasteiger partial charge in [-0.1, -0.05) is 13.8 Å². The highest BCUT2D eigenvalue weighted by atomic mass is 16.5. The van der Waals surface area contributed by atoms with Crippen molar-refractivity contribution in [3.05, 3.63) is 28.8 Å². The SMILES string of the molecule is COc1cc(C)c(C(=O)NC[C@@H]2CCCO2)cc1C(C)C. The van der Waals surface area contributed by atoms with E-state index in [9.17, 15) is 4.79 Å². The minimum absolute atomic E-state index is 0.0347. The van der Waals surface area contributed by atoms with E-state index in [1.807, 2.05) is 19.1 Å². The van der Waals surface area contributed by atoms with Crippen LogP contribution in [0.4, 0.5) is 0 Å². The van der Waals surface area contributed by atoms with Crippen LogP contribution in [-0.2, 0) is 4.74 Å². The van der Waals surface area contributed by atoms with Crippen molar-refractivity contribution in [1.29, 1.82) is 0 Å². The summed E-state index contributed by atoms with van der Waals surface area (Å²) in [6.07, 6.45) is 2.27. The number of rotatable bonds is 5. The summed E-state index contributed by atoms with van der Waals surface area (Å²) in [6, 6.07) is 3.89. The van der Waals surface area contributed by atoms with Crippen molar-refractivity contribution in [3.63, 3.8) is 0 Å². The normalized spacial score (nSPS) is 18.0. The van der Waals surface area contributed by atoms with E-state index in [1.54, 1.807) is 7.11 Å². The Bertz CT molecular complexity index is 505. The maximum atomic E-state index is 12.4. The molecule has 0 radical (unpaired) electrons. The Morgan fingerprint density at radius 1 is 1.48 bits per heavy atom. The summed E-state index contributed by atoms with van der Waals surface area (Å²) in [4.78, 5) is 12.4. The Hall–Kier alpha value is -1.55. The molecule has 1 amide bonds. The van der Waals surface area contributed by atoms with Gasteiger partial charge in [0.05, 0.1) is 13.2 Å². The van der Waals surface area contributed by atoms with Crippen molar-refractivity contribution in [2.45, 2.75) is 45.6 Å². The van der Waals surface area contributed by atoms with Gasteiger partial charge in [0.15, 0.2) is 0 Å². The summed E-state index contributed by atoms with van der Waals surface area (Å²) in [5, 5.41) is 2.98. The average molecular weight is 291 g/mol. The Balaban J connectivity index is 2.13. The summed E-state index contributed by atoms with van der Waals surface area (Å²) in [5.41, 5.74) is 2.71. The van der Waals surface area contributed by atoms with Crippen LogP contribution < -0.4 is 10.1 Å². The van der Waals surface area contributed by atoms with Gasteiger partial charge < -0.3 is 14.8 Å². The average Bonchev–Trinajstić information content (AvgIpc) is 2.97. The molecule has 4 nitrogen and oxygen atoms in total. The first-order valence-electron chi connectivity index (χ1n) is 7.61. The summed E-state index contributed by atoms with van der Waals surface area (Å²) >= 11 is 0. The fourth-order valence-electron chi connectivity index (χ4n) is 2.68. The lowest BCUT2D eigenvalue weighted by atomic mass is 9.96. The lowest BCUT2D eigenvalue weighted by molar-refractivity contribution is 0.0857. The Morgan fingerprint density at radius 2 is 2.24 bits per heavy atom. The van der Waals surface area contributed by atoms with Gasteiger partial charge in [0.1, 0.15) is 5.75 Å². The number of ether oxygens (including phenoxy) is 2. The van der Waals surface area contributed by atoms with Gasteiger partial charge >= 0.3 is 0 Å². The maximum Gasteiger partial charge on any atom is 0.251 e. The molecule has 1 saturated heterocycles. The molecule has 0 aromatic heterocycles. The molecular weight excluding hydrogens is 266 g/mol. The third-order valence-electron chi connectivity index (χ3n) is 3.96. The summed E-state index contributed by atoms with van der Waals surface area (Å²) in [6.45, 7) is 7.52. The zero-order valence-corrected chi connectivity index (χ0v) is 13.4. The van der Waals surface area contributed by atoms with E-state index in [2.05, 4.69) is 19.2 Å². The molecule has 0 aliphatic carbocycles. The number of carbonyl (C=O) groups is 1. The lowest BCUT2D eigenvalue weighted by Gasteiger charge is -2.17. The van der Waals surface area contributed by atoms with Gasteiger partial charge in [-0.2, -0.15) is 0 Å². The molecule has 0 bridgehead atoms. The summed E-state index contributed by atoms with van der Waals surface area (Å²) in [5.74, 6) is 1.12. The lowest BCUT2D eigenvalue weighted by Crippen LogP contribution is -2.32. The quantitative estimate of drug-likeness (QED) is 0.907. The van der Waals surface area contributed by atoms with Crippen LogP contribution in [-0.4, -0.2) is 32.3 Å². The molecule has 1 fully saturated rings. The second-order valence-corrected chi connectivity index (χ2v) is 5.91. The van der Waals surface area contributed by atoms with Crippen LogP contribution in [0, 0.1) is 6.92 Å². The van der Waals surface area contributed by atoms with Crippen molar-refractivity contribution in [3.8, 4) is 5.75 Å². The monoisotopic (exact) mass is 291 g/mol. The van der Waals surface area contributed by atoms with Crippen molar-refractivity contribution in [2.24, 2.45) is 0 Å². The predicted octanol–water partition coefficient (Wildman–Crippen LogP) is 3.04. The van der Waals surface area contributed by atoms with Crippen molar-refractivity contribution >= 4 is 5.91 Å². The first-order valence-corrected chi connectivity index (χ1v) is 7.61. The van der Waals surface area contributed by atoms with Crippen LogP contribution in [0.2, 0.25) is 0 Å². The number of amides is 1. The highest BCUT2D eigenvalue weighted by molar-refractivity contribution is 5.96. The van der Waals surface area contributed by atoms with Gasteiger partial charge in [-0.3, -0.25) is 4.79 Å². The molecule has 1 heterocycles. The molecule has 116 valence electrons. The molecular formula is C17H25NO3. The molecule has 21 heavy (non-hydrogen) atoms. The number of hydrogen-bond donors (Lipinski definition) is 1. The van der Waals surface area contributed by atoms with Crippen LogP contribution in [0.25, 0.3) is 0 Å². The van der Waals surface area contributed by atoms with Gasteiger partial charge in [0, 0.05) is 18.7 Å². The Morgan fingerprint density at radius 3 is 2.81 bits per heavy atom. The van der Waals surface area contributed by atoms with Crippen molar-refractivity contribution in [1.82, 2.24) is 5.32 Å². The van der Waals surface area contributed by atoms with Crippen molar-refractivity contribution in [2.75, 3.05) is 20.3 Å². The topological polar surface area (TPSA) is 47.6 Å². The van der Waals surface area contributed by atoms with E-state index in [-0.39, 0.29) is 12.0 Å². The minimum Gasteiger partial charge on any atom is -0.496 e. The zero-order valence-electron chi connectivity index (χ0n) is 13.4. The van der Waals surface area contributed by atoms with Gasteiger partial charge in [-0.25, -0.2) is 0 Å². The van der Waals surface area contributed by atoms with E-state index in [0.29, 0.717) is 12.5 Å². The van der Waals surface area contributed by atoms with Crippen LogP contribution in [0.5, 0.6) is 5.75 Å². The van der Waals surface area contributed by atoms with E-state index in [4.69, 9.17) is 9.47 Å². The molecule has 0 spiro atoms. The standard InChI is InChI=1S/C17H25NO3/c1-11(2)14-9-15(12(3)8-16(14)20-4)17(19)18-10-13-6-5-7-21-13/h8-9,11,13H,5-7,10H2,1-4H3,(H,18,19)/t13-/m0/s1. The minimum atomic E-state index is -0.0347. The smallest absolute Gasteiger partial charge is 0.251 e. The fraction of sp³-hybridized carbons (Fsp3) is 0.588. The molecule has 0 unspecified atom stereocenters. The summed E-state index contributed by atoms with van der Waals surface area (Å²) < 4.78 is 10.9. The Kier molecular flexibility index (Phi) is 5.23. The predicted molar refractivity (Wildman–Crippen MR) is 83.1 cm³/mol. The van der Waals surface area contributed by atoms with Crippen LogP contribution in [0.3, 0.4) is 0 Å². The maximum absolute atomic E-state index is 12.4. The largest absolute Gasteiger partial charge is 0.496 e. The van der Waals surface area contributed by atoms with Crippen LogP contribution in [0.1, 0.15) is 54.1 Å². The molecule has 1 aromatic rings. The first-order chi connectivity index (χ1) is 10.0. The van der Waals surface area contributed by atoms with Gasteiger partial charge in [0.2, 0.25) is 0 Å². The summed E-state index contributed by atoms with van der Waals surface area (Å²) in [7, 11) is 1.66. The Labute approximate surface area is 126 Å². The number of methoxy groups -OCH3 is 1. The first kappa shape index (κ1) is 15.8. The van der Waals surface area contributed by atoms with Crippen LogP contribution >= 0.6 is 0 Å². The van der Waals surface area contributed by atoms with Gasteiger partial charge in [0.25, 0.3) is 5.91 Å². The molecule has 1 aliphatic heterocycles. The van der Waals surface area contributed by atoms with E-state index in [1.165, 1.54) is 0 Å². The zero-order chi connectivity index (χ0) is 15.4. The molecule has 1 aliphatic rings. The number of nitrogens with one attached hydrogen (secondary N) is 1. The number of benzene rings is 1. The molecule has 2 rings (SSSR count). The number of hydrogen-bond acceptors (Lipinski definition) is 3. The highest BCUT2D eigenvalue weighted by Gasteiger charge is 2.19. The van der Waals surface area contributed by atoms with E-state index in [0.717, 1.165) is 41.9 Å². The van der Waals surface area contributed by atoms with Crippen LogP contribution in [0.15, 0.2) is 12.1 Å². The van der Waals surface area contributed by atoms with E-state index >= 15 is 0 Å². The van der Waals surface area contributed by atoms with Gasteiger partial charge in [-0.15, -0.1) is 0 Å². The fourth-order valence-corrected chi connectivity index (χ4v) is 2.68. The van der Waals surface area contributed by atoms with Crippen molar-refractivity contribution < 1.29 is 14.3 Å². The second-order valence-electron chi connectivity index (χ2n) is 5.91.